The lowest BCUT2D eigenvalue weighted by atomic mass is 10.2. The van der Waals surface area contributed by atoms with Crippen molar-refractivity contribution in [1.29, 1.82) is 0 Å². The van der Waals surface area contributed by atoms with E-state index >= 15 is 0 Å². The zero-order valence-electron chi connectivity index (χ0n) is 17.2. The summed E-state index contributed by atoms with van der Waals surface area (Å²) in [5.74, 6) is 1.68. The molecule has 0 atom stereocenters. The number of thioether (sulfide) groups is 1. The number of benzene rings is 2. The van der Waals surface area contributed by atoms with Gasteiger partial charge in [0.05, 0.1) is 18.6 Å². The number of carbonyl (C=O) groups excluding carboxylic acids is 1. The van der Waals surface area contributed by atoms with Crippen molar-refractivity contribution in [1.82, 2.24) is 29.9 Å². The number of methoxy groups -OCH3 is 1. The fourth-order valence-electron chi connectivity index (χ4n) is 3.14. The van der Waals surface area contributed by atoms with Crippen molar-refractivity contribution in [2.24, 2.45) is 0 Å². The normalized spacial score (nSPS) is 10.8. The van der Waals surface area contributed by atoms with Crippen molar-refractivity contribution >= 4 is 17.7 Å². The number of hydrogen-bond acceptors (Lipinski definition) is 6. The Labute approximate surface area is 184 Å². The fourth-order valence-corrected chi connectivity index (χ4v) is 3.96. The lowest BCUT2D eigenvalue weighted by Crippen LogP contribution is -2.25. The van der Waals surface area contributed by atoms with Gasteiger partial charge < -0.3 is 10.1 Å². The minimum atomic E-state index is -0.0813. The van der Waals surface area contributed by atoms with E-state index in [1.54, 1.807) is 18.0 Å². The topological polar surface area (TPSA) is 86.9 Å². The molecule has 0 bridgehead atoms. The number of nitrogens with one attached hydrogen (secondary N) is 1. The smallest absolute Gasteiger partial charge is 0.230 e. The Morgan fingerprint density at radius 3 is 2.65 bits per heavy atom. The highest BCUT2D eigenvalue weighted by Crippen LogP contribution is 2.23. The molecule has 0 aliphatic rings. The van der Waals surface area contributed by atoms with Crippen LogP contribution in [0.5, 0.6) is 5.75 Å². The second-order valence-corrected chi connectivity index (χ2v) is 7.65. The van der Waals surface area contributed by atoms with E-state index in [0.29, 0.717) is 11.7 Å². The molecular formula is C22H22N6O2S. The lowest BCUT2D eigenvalue weighted by molar-refractivity contribution is -0.118. The van der Waals surface area contributed by atoms with Crippen molar-refractivity contribution in [2.45, 2.75) is 18.6 Å². The van der Waals surface area contributed by atoms with Gasteiger partial charge in [-0.25, -0.2) is 4.68 Å². The number of hydrogen-bond donors (Lipinski definition) is 1. The van der Waals surface area contributed by atoms with Crippen LogP contribution in [0.3, 0.4) is 0 Å². The highest BCUT2D eigenvalue weighted by Gasteiger charge is 2.14. The van der Waals surface area contributed by atoms with E-state index in [1.165, 1.54) is 11.8 Å². The Balaban J connectivity index is 1.39. The maximum absolute atomic E-state index is 12.5. The Bertz CT molecular complexity index is 1160. The fraction of sp³-hybridized carbons (Fsp3) is 0.182. The SMILES string of the molecule is COc1ccc(-n2c(C)nnc2SCC(=O)NCc2ccccc2-n2cccn2)cc1. The number of amides is 1. The molecule has 4 aromatic rings. The molecule has 2 aromatic carbocycles. The third-order valence-corrected chi connectivity index (χ3v) is 5.61. The quantitative estimate of drug-likeness (QED) is 0.429. The number of ether oxygens (including phenoxy) is 1. The molecule has 4 rings (SSSR count). The van der Waals surface area contributed by atoms with E-state index in [1.807, 2.05) is 72.3 Å². The highest BCUT2D eigenvalue weighted by molar-refractivity contribution is 7.99. The number of aromatic nitrogens is 5. The van der Waals surface area contributed by atoms with Crippen molar-refractivity contribution in [3.8, 4) is 17.1 Å². The van der Waals surface area contributed by atoms with E-state index in [4.69, 9.17) is 4.74 Å². The van der Waals surface area contributed by atoms with Crippen LogP contribution in [0.15, 0.2) is 72.1 Å². The standard InChI is InChI=1S/C22H22N6O2S/c1-16-25-26-22(28(16)18-8-10-19(30-2)11-9-18)31-15-21(29)23-14-17-6-3-4-7-20(17)27-13-5-12-24-27/h3-13H,14-15H2,1-2H3,(H,23,29). The van der Waals surface area contributed by atoms with Crippen LogP contribution < -0.4 is 10.1 Å². The first-order valence-electron chi connectivity index (χ1n) is 9.69. The van der Waals surface area contributed by atoms with Gasteiger partial charge in [-0.3, -0.25) is 9.36 Å². The van der Waals surface area contributed by atoms with Gasteiger partial charge in [0.25, 0.3) is 0 Å². The van der Waals surface area contributed by atoms with Gasteiger partial charge in [0.15, 0.2) is 5.16 Å². The van der Waals surface area contributed by atoms with E-state index in [0.717, 1.165) is 28.5 Å². The predicted molar refractivity (Wildman–Crippen MR) is 119 cm³/mol. The van der Waals surface area contributed by atoms with E-state index in [-0.39, 0.29) is 11.7 Å². The molecule has 1 N–H and O–H groups in total. The van der Waals surface area contributed by atoms with Crippen LogP contribution in [0.2, 0.25) is 0 Å². The van der Waals surface area contributed by atoms with Crippen molar-refractivity contribution < 1.29 is 9.53 Å². The van der Waals surface area contributed by atoms with Crippen LogP contribution in [0, 0.1) is 6.92 Å². The second-order valence-electron chi connectivity index (χ2n) is 6.71. The summed E-state index contributed by atoms with van der Waals surface area (Å²) < 4.78 is 8.93. The van der Waals surface area contributed by atoms with Gasteiger partial charge in [-0.1, -0.05) is 30.0 Å². The molecule has 1 amide bonds. The molecule has 0 fully saturated rings. The zero-order chi connectivity index (χ0) is 21.6. The number of para-hydroxylation sites is 1. The maximum atomic E-state index is 12.5. The van der Waals surface area contributed by atoms with Gasteiger partial charge in [0.2, 0.25) is 5.91 Å². The van der Waals surface area contributed by atoms with Crippen LogP contribution in [0.25, 0.3) is 11.4 Å². The van der Waals surface area contributed by atoms with Crippen molar-refractivity contribution in [3.05, 3.63) is 78.4 Å². The molecule has 0 radical (unpaired) electrons. The zero-order valence-corrected chi connectivity index (χ0v) is 18.0. The van der Waals surface area contributed by atoms with Crippen LogP contribution >= 0.6 is 11.8 Å². The highest BCUT2D eigenvalue weighted by atomic mass is 32.2. The molecule has 0 spiro atoms. The first-order chi connectivity index (χ1) is 15.2. The maximum Gasteiger partial charge on any atom is 0.230 e. The number of carbonyl (C=O) groups is 1. The second kappa shape index (κ2) is 9.48. The summed E-state index contributed by atoms with van der Waals surface area (Å²) in [5.41, 5.74) is 2.84. The van der Waals surface area contributed by atoms with Crippen molar-refractivity contribution in [3.63, 3.8) is 0 Å². The summed E-state index contributed by atoms with van der Waals surface area (Å²) in [7, 11) is 1.63. The third-order valence-electron chi connectivity index (χ3n) is 4.68. The van der Waals surface area contributed by atoms with Gasteiger partial charge in [0, 0.05) is 24.6 Å². The summed E-state index contributed by atoms with van der Waals surface area (Å²) in [6.45, 7) is 2.30. The Hall–Kier alpha value is -3.59. The summed E-state index contributed by atoms with van der Waals surface area (Å²) >= 11 is 1.35. The summed E-state index contributed by atoms with van der Waals surface area (Å²) in [4.78, 5) is 12.5. The van der Waals surface area contributed by atoms with E-state index < -0.39 is 0 Å². The van der Waals surface area contributed by atoms with Crippen LogP contribution in [-0.4, -0.2) is 43.3 Å². The Morgan fingerprint density at radius 2 is 1.90 bits per heavy atom. The summed E-state index contributed by atoms with van der Waals surface area (Å²) in [5, 5.41) is 16.3. The molecule has 2 heterocycles. The van der Waals surface area contributed by atoms with E-state index in [9.17, 15) is 4.79 Å². The average molecular weight is 435 g/mol. The van der Waals surface area contributed by atoms with Gasteiger partial charge in [-0.05, 0) is 48.9 Å². The first kappa shape index (κ1) is 20.7. The number of nitrogens with zero attached hydrogens (tertiary/aromatic N) is 5. The largest absolute Gasteiger partial charge is 0.497 e. The van der Waals surface area contributed by atoms with E-state index in [2.05, 4.69) is 20.6 Å². The van der Waals surface area contributed by atoms with Gasteiger partial charge in [0.1, 0.15) is 11.6 Å². The number of aryl methyl sites for hydroxylation is 1. The average Bonchev–Trinajstić information content (AvgIpc) is 3.46. The van der Waals surface area contributed by atoms with Crippen LogP contribution in [0.4, 0.5) is 0 Å². The van der Waals surface area contributed by atoms with Crippen molar-refractivity contribution in [2.75, 3.05) is 12.9 Å². The predicted octanol–water partition coefficient (Wildman–Crippen LogP) is 3.18. The molecule has 0 saturated carbocycles. The van der Waals surface area contributed by atoms with Gasteiger partial charge in [-0.15, -0.1) is 10.2 Å². The minimum Gasteiger partial charge on any atom is -0.497 e. The van der Waals surface area contributed by atoms with Crippen LogP contribution in [-0.2, 0) is 11.3 Å². The summed E-state index contributed by atoms with van der Waals surface area (Å²) in [6.07, 6.45) is 3.61. The Kier molecular flexibility index (Phi) is 6.32. The molecule has 0 saturated heterocycles. The third kappa shape index (κ3) is 4.77. The molecule has 0 aliphatic carbocycles. The molecular weight excluding hydrogens is 412 g/mol. The monoisotopic (exact) mass is 434 g/mol. The Morgan fingerprint density at radius 1 is 1.10 bits per heavy atom. The molecule has 0 unspecified atom stereocenters. The molecule has 9 heteroatoms. The first-order valence-corrected chi connectivity index (χ1v) is 10.7. The minimum absolute atomic E-state index is 0.0813. The van der Waals surface area contributed by atoms with Crippen LogP contribution in [0.1, 0.15) is 11.4 Å². The molecule has 31 heavy (non-hydrogen) atoms. The molecule has 158 valence electrons. The summed E-state index contributed by atoms with van der Waals surface area (Å²) in [6, 6.07) is 17.4. The molecule has 8 nitrogen and oxygen atoms in total. The van der Waals surface area contributed by atoms with Gasteiger partial charge >= 0.3 is 0 Å². The lowest BCUT2D eigenvalue weighted by Gasteiger charge is -2.11. The van der Waals surface area contributed by atoms with Gasteiger partial charge in [-0.2, -0.15) is 5.10 Å². The molecule has 0 aliphatic heterocycles. The number of rotatable bonds is 8. The molecule has 2 aromatic heterocycles.